The maximum Gasteiger partial charge on any atom is 0.160 e. The molecule has 0 fully saturated rings. The van der Waals surface area contributed by atoms with Gasteiger partial charge < -0.3 is 19.7 Å². The Kier molecular flexibility index (Phi) is 6.36. The van der Waals surface area contributed by atoms with E-state index in [0.717, 1.165) is 25.7 Å². The first-order valence-electron chi connectivity index (χ1n) is 8.25. The molecule has 0 amide bonds. The highest BCUT2D eigenvalue weighted by Gasteiger charge is 2.08. The fraction of sp³-hybridized carbons (Fsp3) is 0.400. The Labute approximate surface area is 143 Å². The molecule has 0 heterocycles. The molecule has 0 saturated carbocycles. The van der Waals surface area contributed by atoms with E-state index in [9.17, 15) is 10.2 Å². The molecular weight excluding hydrogens is 304 g/mol. The zero-order valence-corrected chi connectivity index (χ0v) is 14.6. The van der Waals surface area contributed by atoms with Gasteiger partial charge in [0.05, 0.1) is 14.2 Å². The summed E-state index contributed by atoms with van der Waals surface area (Å²) in [4.78, 5) is 0. The average Bonchev–Trinajstić information content (AvgIpc) is 2.58. The third kappa shape index (κ3) is 4.82. The van der Waals surface area contributed by atoms with Gasteiger partial charge >= 0.3 is 0 Å². The maximum absolute atomic E-state index is 9.65. The van der Waals surface area contributed by atoms with E-state index in [-0.39, 0.29) is 11.5 Å². The highest BCUT2D eigenvalue weighted by atomic mass is 16.5. The molecule has 130 valence electrons. The zero-order chi connectivity index (χ0) is 17.5. The van der Waals surface area contributed by atoms with E-state index >= 15 is 0 Å². The number of ether oxygens (including phenoxy) is 2. The van der Waals surface area contributed by atoms with Crippen LogP contribution in [0.1, 0.15) is 30.9 Å². The second-order valence-electron chi connectivity index (χ2n) is 6.21. The van der Waals surface area contributed by atoms with Crippen LogP contribution in [0.4, 0.5) is 0 Å². The lowest BCUT2D eigenvalue weighted by Gasteiger charge is -2.13. The van der Waals surface area contributed by atoms with Gasteiger partial charge in [-0.3, -0.25) is 0 Å². The predicted molar refractivity (Wildman–Crippen MR) is 95.1 cm³/mol. The molecule has 0 aromatic heterocycles. The van der Waals surface area contributed by atoms with Crippen LogP contribution in [-0.2, 0) is 12.8 Å². The van der Waals surface area contributed by atoms with Gasteiger partial charge in [0.15, 0.2) is 23.0 Å². The molecule has 0 saturated heterocycles. The van der Waals surface area contributed by atoms with Crippen molar-refractivity contribution in [2.24, 2.45) is 5.92 Å². The number of methoxy groups -OCH3 is 2. The number of hydrogen-bond donors (Lipinski definition) is 2. The highest BCUT2D eigenvalue weighted by Crippen LogP contribution is 2.29. The first kappa shape index (κ1) is 18.0. The van der Waals surface area contributed by atoms with Crippen molar-refractivity contribution in [2.45, 2.75) is 32.6 Å². The minimum atomic E-state index is 0.176. The Morgan fingerprint density at radius 2 is 1.42 bits per heavy atom. The normalized spacial score (nSPS) is 12.0. The van der Waals surface area contributed by atoms with Crippen molar-refractivity contribution in [3.05, 3.63) is 47.5 Å². The molecule has 4 nitrogen and oxygen atoms in total. The van der Waals surface area contributed by atoms with E-state index in [0.29, 0.717) is 17.4 Å². The van der Waals surface area contributed by atoms with Gasteiger partial charge in [-0.25, -0.2) is 0 Å². The van der Waals surface area contributed by atoms with Crippen LogP contribution in [0.3, 0.4) is 0 Å². The van der Waals surface area contributed by atoms with Crippen LogP contribution in [0.5, 0.6) is 23.0 Å². The quantitative estimate of drug-likeness (QED) is 0.757. The topological polar surface area (TPSA) is 58.9 Å². The second-order valence-corrected chi connectivity index (χ2v) is 6.21. The maximum atomic E-state index is 9.65. The zero-order valence-electron chi connectivity index (χ0n) is 14.6. The summed E-state index contributed by atoms with van der Waals surface area (Å²) < 4.78 is 10.3. The molecule has 2 aromatic rings. The molecule has 1 atom stereocenters. The summed E-state index contributed by atoms with van der Waals surface area (Å²) in [6, 6.07) is 11.0. The monoisotopic (exact) mass is 330 g/mol. The molecule has 0 aliphatic rings. The molecular formula is C20H26O4. The molecule has 4 heteroatoms. The van der Waals surface area contributed by atoms with Crippen LogP contribution in [0.25, 0.3) is 0 Å². The lowest BCUT2D eigenvalue weighted by Crippen LogP contribution is -2.01. The fourth-order valence-corrected chi connectivity index (χ4v) is 2.89. The number of hydrogen-bond acceptors (Lipinski definition) is 4. The molecule has 2 aromatic carbocycles. The third-order valence-corrected chi connectivity index (χ3v) is 4.23. The number of rotatable bonds is 8. The molecule has 0 spiro atoms. The molecule has 24 heavy (non-hydrogen) atoms. The second kappa shape index (κ2) is 8.48. The summed E-state index contributed by atoms with van der Waals surface area (Å²) in [6.07, 6.45) is 4.09. The van der Waals surface area contributed by atoms with Gasteiger partial charge in [-0.1, -0.05) is 25.5 Å². The Balaban J connectivity index is 1.84. The van der Waals surface area contributed by atoms with Crippen LogP contribution in [-0.4, -0.2) is 24.4 Å². The molecule has 2 N–H and O–H groups in total. The van der Waals surface area contributed by atoms with Gasteiger partial charge in [-0.2, -0.15) is 0 Å². The average molecular weight is 330 g/mol. The summed E-state index contributed by atoms with van der Waals surface area (Å²) in [5.41, 5.74) is 2.34. The van der Waals surface area contributed by atoms with E-state index in [1.165, 1.54) is 11.1 Å². The van der Waals surface area contributed by atoms with E-state index in [4.69, 9.17) is 9.47 Å². The Bertz CT molecular complexity index is 667. The van der Waals surface area contributed by atoms with Crippen molar-refractivity contribution in [1.82, 2.24) is 0 Å². The van der Waals surface area contributed by atoms with Gasteiger partial charge in [0, 0.05) is 0 Å². The fourth-order valence-electron chi connectivity index (χ4n) is 2.89. The molecule has 0 unspecified atom stereocenters. The molecule has 0 radical (unpaired) electrons. The van der Waals surface area contributed by atoms with E-state index < -0.39 is 0 Å². The molecule has 0 aliphatic heterocycles. The van der Waals surface area contributed by atoms with E-state index in [1.807, 2.05) is 24.3 Å². The number of benzene rings is 2. The van der Waals surface area contributed by atoms with E-state index in [1.54, 1.807) is 26.4 Å². The minimum Gasteiger partial charge on any atom is -0.504 e. The number of aromatic hydroxyl groups is 2. The number of phenols is 2. The number of phenolic OH excluding ortho intramolecular Hbond substituents is 2. The van der Waals surface area contributed by atoms with Gasteiger partial charge in [0.25, 0.3) is 0 Å². The van der Waals surface area contributed by atoms with Crippen LogP contribution < -0.4 is 9.47 Å². The van der Waals surface area contributed by atoms with Crippen molar-refractivity contribution < 1.29 is 19.7 Å². The van der Waals surface area contributed by atoms with Crippen LogP contribution >= 0.6 is 0 Å². The number of aryl methyl sites for hydroxylation is 1. The largest absolute Gasteiger partial charge is 0.504 e. The summed E-state index contributed by atoms with van der Waals surface area (Å²) in [5, 5.41) is 19.3. The van der Waals surface area contributed by atoms with Crippen molar-refractivity contribution >= 4 is 0 Å². The van der Waals surface area contributed by atoms with Gasteiger partial charge in [0.1, 0.15) is 0 Å². The van der Waals surface area contributed by atoms with Crippen molar-refractivity contribution in [1.29, 1.82) is 0 Å². The smallest absolute Gasteiger partial charge is 0.160 e. The van der Waals surface area contributed by atoms with Crippen LogP contribution in [0.15, 0.2) is 36.4 Å². The summed E-state index contributed by atoms with van der Waals surface area (Å²) in [6.45, 7) is 2.23. The molecule has 0 aliphatic carbocycles. The van der Waals surface area contributed by atoms with Crippen molar-refractivity contribution in [2.75, 3.05) is 14.2 Å². The van der Waals surface area contributed by atoms with Crippen molar-refractivity contribution in [3.8, 4) is 23.0 Å². The SMILES string of the molecule is COc1cc(CCC[C@@H](C)Cc2ccc(O)c(OC)c2)ccc1O. The Morgan fingerprint density at radius 3 is 2.00 bits per heavy atom. The summed E-state index contributed by atoms with van der Waals surface area (Å²) in [5.74, 6) is 1.94. The Morgan fingerprint density at radius 1 is 0.875 bits per heavy atom. The van der Waals surface area contributed by atoms with Gasteiger partial charge in [-0.05, 0) is 60.6 Å². The van der Waals surface area contributed by atoms with Gasteiger partial charge in [0.2, 0.25) is 0 Å². The standard InChI is InChI=1S/C20H26O4/c1-14(11-16-8-10-18(22)20(13-16)24-3)5-4-6-15-7-9-17(21)19(12-15)23-2/h7-10,12-14,21-22H,4-6,11H2,1-3H3/t14-/m1/s1. The van der Waals surface area contributed by atoms with Crippen LogP contribution in [0, 0.1) is 5.92 Å². The van der Waals surface area contributed by atoms with Crippen molar-refractivity contribution in [3.63, 3.8) is 0 Å². The lowest BCUT2D eigenvalue weighted by molar-refractivity contribution is 0.372. The third-order valence-electron chi connectivity index (χ3n) is 4.23. The summed E-state index contributed by atoms with van der Waals surface area (Å²) >= 11 is 0. The molecule has 0 bridgehead atoms. The highest BCUT2D eigenvalue weighted by molar-refractivity contribution is 5.42. The first-order valence-corrected chi connectivity index (χ1v) is 8.25. The lowest BCUT2D eigenvalue weighted by atomic mass is 9.94. The Hall–Kier alpha value is -2.36. The molecule has 2 rings (SSSR count). The first-order chi connectivity index (χ1) is 11.5. The van der Waals surface area contributed by atoms with Gasteiger partial charge in [-0.15, -0.1) is 0 Å². The van der Waals surface area contributed by atoms with E-state index in [2.05, 4.69) is 6.92 Å². The minimum absolute atomic E-state index is 0.176. The summed E-state index contributed by atoms with van der Waals surface area (Å²) in [7, 11) is 3.13. The van der Waals surface area contributed by atoms with Crippen LogP contribution in [0.2, 0.25) is 0 Å². The predicted octanol–water partition coefficient (Wildman–Crippen LogP) is 4.32.